The first-order valence-electron chi connectivity index (χ1n) is 5.08. The molecule has 2 unspecified atom stereocenters. The van der Waals surface area contributed by atoms with Crippen LogP contribution in [0.1, 0.15) is 12.8 Å². The Morgan fingerprint density at radius 2 is 1.75 bits per heavy atom. The molecule has 92 valence electrons. The molecule has 0 N–H and O–H groups in total. The molecule has 0 amide bonds. The quantitative estimate of drug-likeness (QED) is 0.544. The molecule has 16 heavy (non-hydrogen) atoms. The van der Waals surface area contributed by atoms with Crippen LogP contribution in [0.25, 0.3) is 0 Å². The monoisotopic (exact) mass is 312 g/mol. The van der Waals surface area contributed by atoms with Crippen LogP contribution in [0.2, 0.25) is 11.1 Å². The van der Waals surface area contributed by atoms with Crippen molar-refractivity contribution in [3.8, 4) is 0 Å². The third-order valence-corrected chi connectivity index (χ3v) is 4.21. The van der Waals surface area contributed by atoms with Crippen LogP contribution in [0.4, 0.5) is 0 Å². The molecule has 1 aliphatic heterocycles. The Kier molecular flexibility index (Phi) is 6.24. The minimum atomic E-state index is -0.691. The first-order chi connectivity index (χ1) is 7.69. The van der Waals surface area contributed by atoms with Crippen molar-refractivity contribution < 1.29 is 19.1 Å². The Morgan fingerprint density at radius 3 is 2.25 bits per heavy atom. The van der Waals surface area contributed by atoms with Crippen LogP contribution in [-0.2, 0) is 19.1 Å². The molecular formula is C10H16O4SSe. The van der Waals surface area contributed by atoms with Gasteiger partial charge in [-0.2, -0.15) is 0 Å². The summed E-state index contributed by atoms with van der Waals surface area (Å²) < 4.78 is 10.2. The van der Waals surface area contributed by atoms with Crippen molar-refractivity contribution in [3.05, 3.63) is 0 Å². The van der Waals surface area contributed by atoms with Crippen molar-refractivity contribution in [2.45, 2.75) is 36.2 Å². The number of ether oxygens (including phenoxy) is 2. The van der Waals surface area contributed by atoms with Gasteiger partial charge in [0.15, 0.2) is 0 Å². The molecular weight excluding hydrogens is 295 g/mol. The summed E-state index contributed by atoms with van der Waals surface area (Å²) in [6.07, 6.45) is 1.72. The van der Waals surface area contributed by atoms with Crippen LogP contribution in [0.3, 0.4) is 0 Å². The second-order valence-corrected chi connectivity index (χ2v) is 6.47. The van der Waals surface area contributed by atoms with Crippen LogP contribution in [-0.4, -0.2) is 51.1 Å². The van der Waals surface area contributed by atoms with Gasteiger partial charge in [0.2, 0.25) is 0 Å². The van der Waals surface area contributed by atoms with E-state index in [1.165, 1.54) is 0 Å². The molecule has 6 heteroatoms. The molecule has 2 atom stereocenters. The maximum absolute atomic E-state index is 11.5. The van der Waals surface area contributed by atoms with Crippen molar-refractivity contribution >= 4 is 38.7 Å². The second-order valence-electron chi connectivity index (χ2n) is 3.41. The maximum atomic E-state index is 11.5. The minimum absolute atomic E-state index is 0.380. The molecule has 0 aromatic carbocycles. The third kappa shape index (κ3) is 4.00. The zero-order valence-electron chi connectivity index (χ0n) is 9.43. The third-order valence-electron chi connectivity index (χ3n) is 2.21. The number of esters is 2. The van der Waals surface area contributed by atoms with E-state index >= 15 is 0 Å². The van der Waals surface area contributed by atoms with E-state index in [-0.39, 0.29) is 11.9 Å². The number of thioether (sulfide) groups is 1. The van der Waals surface area contributed by atoms with Crippen molar-refractivity contribution in [2.75, 3.05) is 12.0 Å². The molecule has 0 radical (unpaired) electrons. The molecule has 0 bridgehead atoms. The van der Waals surface area contributed by atoms with Gasteiger partial charge >= 0.3 is 106 Å². The number of carbonyl (C=O) groups is 2. The fraction of sp³-hybridized carbons (Fsp3) is 0.800. The van der Waals surface area contributed by atoms with E-state index in [0.29, 0.717) is 27.8 Å². The SMILES string of the molecule is CSCCC1OC(=O)C(CC[Se]C)OC1=O. The summed E-state index contributed by atoms with van der Waals surface area (Å²) in [5, 5.41) is 0.926. The summed E-state index contributed by atoms with van der Waals surface area (Å²) in [7, 11) is 0. The molecule has 0 spiro atoms. The Balaban J connectivity index is 2.43. The average molecular weight is 311 g/mol. The number of hydrogen-bond acceptors (Lipinski definition) is 5. The van der Waals surface area contributed by atoms with Gasteiger partial charge in [-0.1, -0.05) is 0 Å². The van der Waals surface area contributed by atoms with E-state index in [1.54, 1.807) is 11.8 Å². The average Bonchev–Trinajstić information content (AvgIpc) is 2.28. The zero-order valence-corrected chi connectivity index (χ0v) is 12.0. The molecule has 1 aliphatic rings. The van der Waals surface area contributed by atoms with E-state index < -0.39 is 12.2 Å². The standard InChI is InChI=1S/C10H16O4SSe/c1-15-5-3-7-9(11)14-8(4-6-16-2)10(12)13-7/h7-8H,3-6H2,1-2H3. The van der Waals surface area contributed by atoms with Gasteiger partial charge in [0.1, 0.15) is 0 Å². The molecule has 1 fully saturated rings. The summed E-state index contributed by atoms with van der Waals surface area (Å²) in [6.45, 7) is 0. The fourth-order valence-corrected chi connectivity index (χ4v) is 2.73. The Bertz CT molecular complexity index is 233. The van der Waals surface area contributed by atoms with Gasteiger partial charge in [0.25, 0.3) is 0 Å². The second kappa shape index (κ2) is 7.20. The Hall–Kier alpha value is -0.191. The van der Waals surface area contributed by atoms with Gasteiger partial charge in [-0.05, 0) is 0 Å². The van der Waals surface area contributed by atoms with Gasteiger partial charge in [0.05, 0.1) is 0 Å². The molecule has 0 aromatic heterocycles. The normalized spacial score (nSPS) is 25.1. The van der Waals surface area contributed by atoms with Crippen LogP contribution in [0, 0.1) is 0 Å². The molecule has 0 aliphatic carbocycles. The molecule has 0 aromatic rings. The molecule has 1 saturated heterocycles. The van der Waals surface area contributed by atoms with Crippen molar-refractivity contribution in [2.24, 2.45) is 0 Å². The Morgan fingerprint density at radius 1 is 1.19 bits per heavy atom. The van der Waals surface area contributed by atoms with Gasteiger partial charge in [-0.25, -0.2) is 0 Å². The number of carbonyl (C=O) groups excluding carboxylic acids is 2. The molecule has 1 rings (SSSR count). The van der Waals surface area contributed by atoms with Crippen LogP contribution in [0.15, 0.2) is 0 Å². The topological polar surface area (TPSA) is 52.6 Å². The van der Waals surface area contributed by atoms with Gasteiger partial charge in [-0.15, -0.1) is 0 Å². The van der Waals surface area contributed by atoms with Crippen LogP contribution in [0.5, 0.6) is 0 Å². The number of cyclic esters (lactones) is 2. The van der Waals surface area contributed by atoms with Gasteiger partial charge in [0, 0.05) is 0 Å². The van der Waals surface area contributed by atoms with Crippen LogP contribution < -0.4 is 0 Å². The van der Waals surface area contributed by atoms with E-state index in [0.717, 1.165) is 11.1 Å². The summed E-state index contributed by atoms with van der Waals surface area (Å²) in [5.74, 6) is 2.11. The number of hydrogen-bond donors (Lipinski definition) is 0. The van der Waals surface area contributed by atoms with Crippen molar-refractivity contribution in [1.29, 1.82) is 0 Å². The first-order valence-corrected chi connectivity index (χ1v) is 9.39. The first kappa shape index (κ1) is 13.9. The fourth-order valence-electron chi connectivity index (χ4n) is 1.33. The summed E-state index contributed by atoms with van der Waals surface area (Å²) in [6, 6.07) is 0. The van der Waals surface area contributed by atoms with E-state index in [1.807, 2.05) is 6.26 Å². The van der Waals surface area contributed by atoms with Gasteiger partial charge in [-0.3, -0.25) is 0 Å². The summed E-state index contributed by atoms with van der Waals surface area (Å²) in [4.78, 5) is 23.0. The van der Waals surface area contributed by atoms with E-state index in [9.17, 15) is 9.59 Å². The molecule has 4 nitrogen and oxygen atoms in total. The Labute approximate surface area is 106 Å². The predicted molar refractivity (Wildman–Crippen MR) is 63.8 cm³/mol. The van der Waals surface area contributed by atoms with Crippen molar-refractivity contribution in [1.82, 2.24) is 0 Å². The zero-order chi connectivity index (χ0) is 12.0. The summed E-state index contributed by atoms with van der Waals surface area (Å²) in [5.41, 5.74) is 0. The number of rotatable bonds is 6. The summed E-state index contributed by atoms with van der Waals surface area (Å²) >= 11 is 2.11. The predicted octanol–water partition coefficient (Wildman–Crippen LogP) is 1.14. The van der Waals surface area contributed by atoms with Gasteiger partial charge < -0.3 is 0 Å². The van der Waals surface area contributed by atoms with E-state index in [4.69, 9.17) is 9.47 Å². The van der Waals surface area contributed by atoms with E-state index in [2.05, 4.69) is 5.82 Å². The van der Waals surface area contributed by atoms with Crippen molar-refractivity contribution in [3.63, 3.8) is 0 Å². The molecule has 1 heterocycles. The van der Waals surface area contributed by atoms with Crippen LogP contribution >= 0.6 is 11.8 Å². The molecule has 0 saturated carbocycles.